The zero-order valence-corrected chi connectivity index (χ0v) is 13.3. The first-order valence-electron chi connectivity index (χ1n) is 8.15. The molecule has 0 bridgehead atoms. The van der Waals surface area contributed by atoms with Crippen molar-refractivity contribution in [1.82, 2.24) is 9.97 Å². The second kappa shape index (κ2) is 7.22. The van der Waals surface area contributed by atoms with Crippen LogP contribution in [0.15, 0.2) is 30.6 Å². The fourth-order valence-corrected chi connectivity index (χ4v) is 2.68. The van der Waals surface area contributed by atoms with Crippen LogP contribution in [0.4, 0.5) is 5.82 Å². The van der Waals surface area contributed by atoms with E-state index in [0.717, 1.165) is 49.1 Å². The molecule has 5 nitrogen and oxygen atoms in total. The molecule has 1 aliphatic carbocycles. The molecule has 0 fully saturated rings. The zero-order valence-electron chi connectivity index (χ0n) is 13.3. The van der Waals surface area contributed by atoms with Crippen molar-refractivity contribution in [1.29, 1.82) is 0 Å². The Kier molecular flexibility index (Phi) is 4.86. The molecule has 23 heavy (non-hydrogen) atoms. The summed E-state index contributed by atoms with van der Waals surface area (Å²) in [5.41, 5.74) is 2.72. The standard InChI is InChI=1S/C18H21N3O2/c1-2-3-11-23-14-9-7-13(8-10-14)18(22)21-17-15-5-4-6-16(15)19-12-20-17/h7-10,12H,2-6,11H2,1H3,(H,19,20,21,22). The van der Waals surface area contributed by atoms with Gasteiger partial charge in [-0.05, 0) is 49.9 Å². The number of nitrogens with one attached hydrogen (secondary N) is 1. The highest BCUT2D eigenvalue weighted by Crippen LogP contribution is 2.25. The van der Waals surface area contributed by atoms with Crippen molar-refractivity contribution < 1.29 is 9.53 Å². The first-order chi connectivity index (χ1) is 11.3. The molecule has 0 saturated carbocycles. The molecular weight excluding hydrogens is 290 g/mol. The van der Waals surface area contributed by atoms with Gasteiger partial charge in [0.05, 0.1) is 6.61 Å². The van der Waals surface area contributed by atoms with Crippen molar-refractivity contribution in [3.63, 3.8) is 0 Å². The van der Waals surface area contributed by atoms with Crippen LogP contribution in [-0.2, 0) is 12.8 Å². The number of nitrogens with zero attached hydrogens (tertiary/aromatic N) is 2. The minimum atomic E-state index is -0.155. The highest BCUT2D eigenvalue weighted by Gasteiger charge is 2.18. The highest BCUT2D eigenvalue weighted by atomic mass is 16.5. The molecule has 0 aliphatic heterocycles. The fourth-order valence-electron chi connectivity index (χ4n) is 2.68. The van der Waals surface area contributed by atoms with E-state index in [1.807, 2.05) is 12.1 Å². The van der Waals surface area contributed by atoms with E-state index in [-0.39, 0.29) is 5.91 Å². The van der Waals surface area contributed by atoms with Gasteiger partial charge in [0.2, 0.25) is 0 Å². The summed E-state index contributed by atoms with van der Waals surface area (Å²) in [7, 11) is 0. The van der Waals surface area contributed by atoms with Crippen molar-refractivity contribution in [2.75, 3.05) is 11.9 Å². The van der Waals surface area contributed by atoms with Crippen LogP contribution >= 0.6 is 0 Å². The molecule has 0 radical (unpaired) electrons. The third kappa shape index (κ3) is 3.67. The van der Waals surface area contributed by atoms with Gasteiger partial charge in [0.25, 0.3) is 5.91 Å². The van der Waals surface area contributed by atoms with Crippen LogP contribution in [0.2, 0.25) is 0 Å². The van der Waals surface area contributed by atoms with E-state index in [1.54, 1.807) is 12.1 Å². The molecule has 2 aromatic rings. The Morgan fingerprint density at radius 2 is 2.04 bits per heavy atom. The number of ether oxygens (including phenoxy) is 1. The van der Waals surface area contributed by atoms with Crippen molar-refractivity contribution in [2.24, 2.45) is 0 Å². The van der Waals surface area contributed by atoms with Gasteiger partial charge in [0.15, 0.2) is 0 Å². The van der Waals surface area contributed by atoms with E-state index < -0.39 is 0 Å². The summed E-state index contributed by atoms with van der Waals surface area (Å²) in [4.78, 5) is 20.9. The van der Waals surface area contributed by atoms with Crippen molar-refractivity contribution in [3.05, 3.63) is 47.4 Å². The monoisotopic (exact) mass is 311 g/mol. The van der Waals surface area contributed by atoms with E-state index >= 15 is 0 Å². The van der Waals surface area contributed by atoms with Crippen LogP contribution in [0, 0.1) is 0 Å². The minimum absolute atomic E-state index is 0.155. The SMILES string of the molecule is CCCCOc1ccc(C(=O)Nc2ncnc3c2CCC3)cc1. The Hall–Kier alpha value is -2.43. The molecule has 0 atom stereocenters. The normalized spacial score (nSPS) is 12.7. The number of aromatic nitrogens is 2. The van der Waals surface area contributed by atoms with Gasteiger partial charge in [0, 0.05) is 16.8 Å². The molecule has 3 rings (SSSR count). The molecule has 0 saturated heterocycles. The minimum Gasteiger partial charge on any atom is -0.494 e. The number of aryl methyl sites for hydroxylation is 1. The summed E-state index contributed by atoms with van der Waals surface area (Å²) in [5.74, 6) is 1.27. The first-order valence-corrected chi connectivity index (χ1v) is 8.15. The van der Waals surface area contributed by atoms with Gasteiger partial charge in [-0.3, -0.25) is 4.79 Å². The van der Waals surface area contributed by atoms with Crippen LogP contribution in [0.25, 0.3) is 0 Å². The molecule has 0 unspecified atom stereocenters. The Morgan fingerprint density at radius 3 is 2.83 bits per heavy atom. The number of fused-ring (bicyclic) bond motifs is 1. The number of unbranched alkanes of at least 4 members (excludes halogenated alkanes) is 1. The number of hydrogen-bond acceptors (Lipinski definition) is 4. The highest BCUT2D eigenvalue weighted by molar-refractivity contribution is 6.04. The van der Waals surface area contributed by atoms with E-state index in [9.17, 15) is 4.79 Å². The zero-order chi connectivity index (χ0) is 16.1. The summed E-state index contributed by atoms with van der Waals surface area (Å²) < 4.78 is 5.61. The lowest BCUT2D eigenvalue weighted by molar-refractivity contribution is 0.102. The average molecular weight is 311 g/mol. The van der Waals surface area contributed by atoms with Crippen molar-refractivity contribution in [2.45, 2.75) is 39.0 Å². The number of amides is 1. The summed E-state index contributed by atoms with van der Waals surface area (Å²) in [5, 5.41) is 2.90. The average Bonchev–Trinajstić information content (AvgIpc) is 3.05. The molecule has 1 heterocycles. The second-order valence-electron chi connectivity index (χ2n) is 5.68. The van der Waals surface area contributed by atoms with Crippen molar-refractivity contribution >= 4 is 11.7 Å². The summed E-state index contributed by atoms with van der Waals surface area (Å²) in [6.07, 6.45) is 6.61. The predicted molar refractivity (Wildman–Crippen MR) is 88.9 cm³/mol. The number of anilines is 1. The maximum absolute atomic E-state index is 12.4. The molecule has 1 aliphatic rings. The Bertz CT molecular complexity index is 683. The number of carbonyl (C=O) groups is 1. The lowest BCUT2D eigenvalue weighted by Crippen LogP contribution is -2.15. The fraction of sp³-hybridized carbons (Fsp3) is 0.389. The van der Waals surface area contributed by atoms with Gasteiger partial charge < -0.3 is 10.1 Å². The Balaban J connectivity index is 1.66. The van der Waals surface area contributed by atoms with Gasteiger partial charge in [-0.2, -0.15) is 0 Å². The van der Waals surface area contributed by atoms with Crippen LogP contribution < -0.4 is 10.1 Å². The van der Waals surface area contributed by atoms with E-state index in [4.69, 9.17) is 4.74 Å². The summed E-state index contributed by atoms with van der Waals surface area (Å²) in [6.45, 7) is 2.83. The molecule has 1 aromatic carbocycles. The number of carbonyl (C=O) groups excluding carboxylic acids is 1. The molecule has 1 aromatic heterocycles. The van der Waals surface area contributed by atoms with Crippen LogP contribution in [-0.4, -0.2) is 22.5 Å². The number of rotatable bonds is 6. The predicted octanol–water partition coefficient (Wildman–Crippen LogP) is 3.40. The Morgan fingerprint density at radius 1 is 1.22 bits per heavy atom. The Labute approximate surface area is 136 Å². The van der Waals surface area contributed by atoms with E-state index in [2.05, 4.69) is 22.2 Å². The molecule has 120 valence electrons. The molecule has 1 amide bonds. The van der Waals surface area contributed by atoms with Gasteiger partial charge >= 0.3 is 0 Å². The molecule has 1 N–H and O–H groups in total. The molecular formula is C18H21N3O2. The summed E-state index contributed by atoms with van der Waals surface area (Å²) >= 11 is 0. The number of benzene rings is 1. The van der Waals surface area contributed by atoms with Gasteiger partial charge in [0.1, 0.15) is 17.9 Å². The van der Waals surface area contributed by atoms with Gasteiger partial charge in [-0.25, -0.2) is 9.97 Å². The third-order valence-corrected chi connectivity index (χ3v) is 3.99. The first kappa shape index (κ1) is 15.5. The smallest absolute Gasteiger partial charge is 0.256 e. The van der Waals surface area contributed by atoms with Crippen molar-refractivity contribution in [3.8, 4) is 5.75 Å². The largest absolute Gasteiger partial charge is 0.494 e. The second-order valence-corrected chi connectivity index (χ2v) is 5.68. The summed E-state index contributed by atoms with van der Waals surface area (Å²) in [6, 6.07) is 7.21. The van der Waals surface area contributed by atoms with Gasteiger partial charge in [-0.15, -0.1) is 0 Å². The van der Waals surface area contributed by atoms with E-state index in [0.29, 0.717) is 18.0 Å². The maximum atomic E-state index is 12.4. The quantitative estimate of drug-likeness (QED) is 0.831. The third-order valence-electron chi connectivity index (χ3n) is 3.99. The van der Waals surface area contributed by atoms with Crippen LogP contribution in [0.1, 0.15) is 47.8 Å². The molecule has 0 spiro atoms. The van der Waals surface area contributed by atoms with Gasteiger partial charge in [-0.1, -0.05) is 13.3 Å². The maximum Gasteiger partial charge on any atom is 0.256 e. The lowest BCUT2D eigenvalue weighted by atomic mass is 10.2. The lowest BCUT2D eigenvalue weighted by Gasteiger charge is -2.09. The number of hydrogen-bond donors (Lipinski definition) is 1. The van der Waals surface area contributed by atoms with Crippen LogP contribution in [0.3, 0.4) is 0 Å². The van der Waals surface area contributed by atoms with Crippen LogP contribution in [0.5, 0.6) is 5.75 Å². The molecule has 5 heteroatoms. The van der Waals surface area contributed by atoms with E-state index in [1.165, 1.54) is 6.33 Å². The topological polar surface area (TPSA) is 64.1 Å².